The number of imidazole rings is 1. The first-order valence-electron chi connectivity index (χ1n) is 13.3. The molecule has 4 aromatic rings. The maximum Gasteiger partial charge on any atom is 0.321 e. The van der Waals surface area contributed by atoms with Crippen LogP contribution < -0.4 is 10.2 Å². The fourth-order valence-corrected chi connectivity index (χ4v) is 5.51. The van der Waals surface area contributed by atoms with Crippen LogP contribution in [0.5, 0.6) is 0 Å². The number of rotatable bonds is 4. The first-order valence-corrected chi connectivity index (χ1v) is 13.3. The molecule has 3 heterocycles. The van der Waals surface area contributed by atoms with Crippen molar-refractivity contribution >= 4 is 34.1 Å². The van der Waals surface area contributed by atoms with Crippen LogP contribution >= 0.6 is 0 Å². The number of carbonyl (C=O) groups is 2. The second kappa shape index (κ2) is 10.6. The highest BCUT2D eigenvalue weighted by Gasteiger charge is 2.26. The van der Waals surface area contributed by atoms with Gasteiger partial charge >= 0.3 is 6.03 Å². The number of piperidine rings is 1. The van der Waals surface area contributed by atoms with Gasteiger partial charge < -0.3 is 25.0 Å². The van der Waals surface area contributed by atoms with Gasteiger partial charge in [-0.25, -0.2) is 9.78 Å². The van der Waals surface area contributed by atoms with E-state index in [1.54, 1.807) is 6.33 Å². The zero-order valence-corrected chi connectivity index (χ0v) is 21.4. The van der Waals surface area contributed by atoms with Gasteiger partial charge in [0.05, 0.1) is 18.6 Å². The summed E-state index contributed by atoms with van der Waals surface area (Å²) in [7, 11) is 0. The number of benzene rings is 3. The van der Waals surface area contributed by atoms with Gasteiger partial charge in [-0.05, 0) is 53.8 Å². The van der Waals surface area contributed by atoms with Crippen molar-refractivity contribution in [1.29, 1.82) is 0 Å². The van der Waals surface area contributed by atoms with Crippen LogP contribution in [-0.4, -0.2) is 57.9 Å². The van der Waals surface area contributed by atoms with E-state index in [0.717, 1.165) is 64.9 Å². The molecule has 0 radical (unpaired) electrons. The van der Waals surface area contributed by atoms with E-state index < -0.39 is 0 Å². The van der Waals surface area contributed by atoms with Crippen LogP contribution in [0.3, 0.4) is 0 Å². The molecular weight excluding hydrogens is 476 g/mol. The number of nitrogens with zero attached hydrogens (tertiary/aromatic N) is 4. The smallest absolute Gasteiger partial charge is 0.321 e. The minimum atomic E-state index is -0.0499. The highest BCUT2D eigenvalue weighted by molar-refractivity contribution is 6.07. The number of H-pyrrole nitrogens is 1. The molecule has 0 saturated carbocycles. The second-order valence-corrected chi connectivity index (χ2v) is 10.1. The van der Waals surface area contributed by atoms with Gasteiger partial charge in [0.1, 0.15) is 0 Å². The van der Waals surface area contributed by atoms with Gasteiger partial charge in [0.15, 0.2) is 0 Å². The van der Waals surface area contributed by atoms with E-state index in [4.69, 9.17) is 0 Å². The quantitative estimate of drug-likeness (QED) is 0.395. The maximum atomic E-state index is 13.8. The Labute approximate surface area is 222 Å². The molecule has 3 amide bonds. The van der Waals surface area contributed by atoms with Crippen molar-refractivity contribution in [3.63, 3.8) is 0 Å². The zero-order valence-electron chi connectivity index (χ0n) is 21.4. The summed E-state index contributed by atoms with van der Waals surface area (Å²) < 4.78 is 0. The van der Waals surface area contributed by atoms with Gasteiger partial charge in [0.2, 0.25) is 0 Å². The Bertz CT molecular complexity index is 1440. The molecule has 38 heavy (non-hydrogen) atoms. The molecule has 0 spiro atoms. The highest BCUT2D eigenvalue weighted by atomic mass is 16.2. The minimum absolute atomic E-state index is 0.0265. The molecule has 8 nitrogen and oxygen atoms in total. The molecule has 0 atom stereocenters. The van der Waals surface area contributed by atoms with Crippen molar-refractivity contribution in [3.05, 3.63) is 90.0 Å². The van der Waals surface area contributed by atoms with Gasteiger partial charge in [-0.1, -0.05) is 42.5 Å². The minimum Gasteiger partial charge on any atom is -0.364 e. The Balaban J connectivity index is 1.29. The zero-order chi connectivity index (χ0) is 25.9. The third-order valence-electron chi connectivity index (χ3n) is 7.54. The van der Waals surface area contributed by atoms with Gasteiger partial charge in [-0.15, -0.1) is 0 Å². The number of nitrogens with one attached hydrogen (secondary N) is 2. The number of carbonyl (C=O) groups excluding carboxylic acids is 2. The van der Waals surface area contributed by atoms with E-state index >= 15 is 0 Å². The molecule has 194 valence electrons. The molecule has 2 N–H and O–H groups in total. The average Bonchev–Trinajstić information content (AvgIpc) is 3.41. The van der Waals surface area contributed by atoms with E-state index in [1.165, 1.54) is 6.42 Å². The molecule has 2 aliphatic heterocycles. The van der Waals surface area contributed by atoms with E-state index in [-0.39, 0.29) is 11.9 Å². The highest BCUT2D eigenvalue weighted by Crippen LogP contribution is 2.31. The molecule has 0 bridgehead atoms. The lowest BCUT2D eigenvalue weighted by Gasteiger charge is -2.28. The van der Waals surface area contributed by atoms with Gasteiger partial charge in [-0.3, -0.25) is 4.79 Å². The largest absolute Gasteiger partial charge is 0.364 e. The van der Waals surface area contributed by atoms with Crippen LogP contribution in [0, 0.1) is 0 Å². The summed E-state index contributed by atoms with van der Waals surface area (Å²) in [5.41, 5.74) is 4.54. The van der Waals surface area contributed by atoms with E-state index in [0.29, 0.717) is 26.2 Å². The summed E-state index contributed by atoms with van der Waals surface area (Å²) in [6, 6.07) is 19.9. The van der Waals surface area contributed by atoms with Crippen molar-refractivity contribution in [2.75, 3.05) is 36.4 Å². The van der Waals surface area contributed by atoms with Gasteiger partial charge in [-0.2, -0.15) is 0 Å². The predicted octanol–water partition coefficient (Wildman–Crippen LogP) is 5.24. The summed E-state index contributed by atoms with van der Waals surface area (Å²) in [5.74, 6) is 0.0265. The van der Waals surface area contributed by atoms with E-state index in [9.17, 15) is 9.59 Å². The van der Waals surface area contributed by atoms with E-state index in [1.807, 2.05) is 76.7 Å². The number of likely N-dealkylation sites (tertiary alicyclic amines) is 1. The molecule has 2 aliphatic rings. The Morgan fingerprint density at radius 1 is 0.895 bits per heavy atom. The summed E-state index contributed by atoms with van der Waals surface area (Å²) in [4.78, 5) is 40.2. The summed E-state index contributed by atoms with van der Waals surface area (Å²) in [6.07, 6.45) is 6.79. The van der Waals surface area contributed by atoms with Crippen LogP contribution in [0.1, 0.15) is 40.9 Å². The molecule has 6 rings (SSSR count). The maximum absolute atomic E-state index is 13.8. The molecule has 1 fully saturated rings. The number of hydrogen-bond acceptors (Lipinski definition) is 4. The van der Waals surface area contributed by atoms with Crippen LogP contribution in [0.25, 0.3) is 10.8 Å². The van der Waals surface area contributed by atoms with Crippen molar-refractivity contribution in [3.8, 4) is 0 Å². The van der Waals surface area contributed by atoms with Crippen LogP contribution in [0.2, 0.25) is 0 Å². The van der Waals surface area contributed by atoms with Gasteiger partial charge in [0, 0.05) is 55.9 Å². The topological polar surface area (TPSA) is 84.6 Å². The lowest BCUT2D eigenvalue weighted by molar-refractivity contribution is 0.0753. The van der Waals surface area contributed by atoms with Crippen molar-refractivity contribution in [2.45, 2.75) is 32.4 Å². The number of anilines is 2. The normalized spacial score (nSPS) is 15.7. The van der Waals surface area contributed by atoms with Gasteiger partial charge in [0.25, 0.3) is 5.91 Å². The van der Waals surface area contributed by atoms with Crippen LogP contribution in [0.4, 0.5) is 16.2 Å². The average molecular weight is 509 g/mol. The Hall–Kier alpha value is -4.33. The molecular formula is C30H32N6O2. The molecule has 8 heteroatoms. The number of amides is 3. The third kappa shape index (κ3) is 4.94. The SMILES string of the molecule is O=C(Nc1ccc2c(c1)N(Cc1cnc[nH]1)CCN(C(=O)c1cccc3ccccc13)C2)N1CCCCC1. The standard InChI is InChI=1S/C30H32N6O2/c37-29(27-10-6-8-22-7-2-3-9-26(22)27)36-16-15-35(20-25-18-31-21-32-25)28-17-24(12-11-23(28)19-36)33-30(38)34-13-4-1-5-14-34/h2-3,6-12,17-18,21H,1,4-5,13-16,19-20H2,(H,31,32)(H,33,38). The van der Waals surface area contributed by atoms with Crippen molar-refractivity contribution < 1.29 is 9.59 Å². The fraction of sp³-hybridized carbons (Fsp3) is 0.300. The number of hydrogen-bond donors (Lipinski definition) is 2. The number of aromatic nitrogens is 2. The number of fused-ring (bicyclic) bond motifs is 2. The van der Waals surface area contributed by atoms with Crippen molar-refractivity contribution in [1.82, 2.24) is 19.8 Å². The molecule has 3 aromatic carbocycles. The molecule has 0 aliphatic carbocycles. The third-order valence-corrected chi connectivity index (χ3v) is 7.54. The summed E-state index contributed by atoms with van der Waals surface area (Å²) in [5, 5.41) is 5.13. The van der Waals surface area contributed by atoms with Crippen molar-refractivity contribution in [2.24, 2.45) is 0 Å². The predicted molar refractivity (Wildman–Crippen MR) is 149 cm³/mol. The lowest BCUT2D eigenvalue weighted by Crippen LogP contribution is -2.38. The monoisotopic (exact) mass is 508 g/mol. The summed E-state index contributed by atoms with van der Waals surface area (Å²) >= 11 is 0. The second-order valence-electron chi connectivity index (χ2n) is 10.1. The Morgan fingerprint density at radius 2 is 1.74 bits per heavy atom. The Kier molecular flexibility index (Phi) is 6.69. The van der Waals surface area contributed by atoms with Crippen LogP contribution in [-0.2, 0) is 13.1 Å². The number of urea groups is 1. The fourth-order valence-electron chi connectivity index (χ4n) is 5.51. The van der Waals surface area contributed by atoms with Crippen LogP contribution in [0.15, 0.2) is 73.2 Å². The first-order chi connectivity index (χ1) is 18.7. The van der Waals surface area contributed by atoms with E-state index in [2.05, 4.69) is 20.2 Å². The molecule has 1 aromatic heterocycles. The summed E-state index contributed by atoms with van der Waals surface area (Å²) in [6.45, 7) is 3.97. The first kappa shape index (κ1) is 24.0. The molecule has 0 unspecified atom stereocenters. The number of aromatic amines is 1. The molecule has 1 saturated heterocycles. The lowest BCUT2D eigenvalue weighted by atomic mass is 10.0. The Morgan fingerprint density at radius 3 is 2.58 bits per heavy atom.